The van der Waals surface area contributed by atoms with Gasteiger partial charge in [0.15, 0.2) is 0 Å². The van der Waals surface area contributed by atoms with Crippen molar-refractivity contribution in [2.45, 2.75) is 64.7 Å². The lowest BCUT2D eigenvalue weighted by Gasteiger charge is -2.33. The van der Waals surface area contributed by atoms with Crippen LogP contribution in [0.4, 0.5) is 5.69 Å². The Morgan fingerprint density at radius 1 is 1.17 bits per heavy atom. The van der Waals surface area contributed by atoms with E-state index in [9.17, 15) is 0 Å². The minimum atomic E-state index is 0.361. The summed E-state index contributed by atoms with van der Waals surface area (Å²) >= 11 is 0. The van der Waals surface area contributed by atoms with E-state index in [1.54, 1.807) is 0 Å². The molecule has 1 saturated heterocycles. The van der Waals surface area contributed by atoms with Gasteiger partial charge in [-0.1, -0.05) is 26.0 Å². The second-order valence-electron chi connectivity index (χ2n) is 5.85. The maximum atomic E-state index is 5.78. The van der Waals surface area contributed by atoms with Gasteiger partial charge in [0.05, 0.1) is 12.2 Å². The van der Waals surface area contributed by atoms with Crippen molar-refractivity contribution in [3.05, 3.63) is 29.8 Å². The third-order valence-corrected chi connectivity index (χ3v) is 3.62. The molecule has 0 saturated carbocycles. The van der Waals surface area contributed by atoms with Gasteiger partial charge < -0.3 is 10.1 Å². The van der Waals surface area contributed by atoms with Crippen LogP contribution in [0.25, 0.3) is 0 Å². The molecule has 1 heterocycles. The lowest BCUT2D eigenvalue weighted by molar-refractivity contribution is -0.0337. The average Bonchev–Trinajstić information content (AvgIpc) is 2.27. The van der Waals surface area contributed by atoms with Crippen LogP contribution >= 0.6 is 0 Å². The van der Waals surface area contributed by atoms with Gasteiger partial charge in [0.1, 0.15) is 0 Å². The fraction of sp³-hybridized carbons (Fsp3) is 0.625. The number of anilines is 1. The topological polar surface area (TPSA) is 21.3 Å². The van der Waals surface area contributed by atoms with Crippen LogP contribution in [0.2, 0.25) is 0 Å². The predicted octanol–water partition coefficient (Wildman–Crippen LogP) is 4.18. The maximum absolute atomic E-state index is 5.78. The van der Waals surface area contributed by atoms with Gasteiger partial charge in [-0.2, -0.15) is 0 Å². The molecule has 2 rings (SSSR count). The Labute approximate surface area is 111 Å². The SMILES string of the molecule is CC1CC(Nc2cccc(C(C)C)c2)CC(C)O1. The third-order valence-electron chi connectivity index (χ3n) is 3.62. The molecule has 0 bridgehead atoms. The smallest absolute Gasteiger partial charge is 0.0570 e. The largest absolute Gasteiger partial charge is 0.382 e. The van der Waals surface area contributed by atoms with Crippen LogP contribution < -0.4 is 5.32 Å². The standard InChI is InChI=1S/C16H25NO/c1-11(2)14-6-5-7-15(10-14)17-16-8-12(3)18-13(4)9-16/h5-7,10-13,16-17H,8-9H2,1-4H3. The molecule has 1 fully saturated rings. The van der Waals surface area contributed by atoms with E-state index in [2.05, 4.69) is 57.3 Å². The molecule has 2 unspecified atom stereocenters. The van der Waals surface area contributed by atoms with E-state index in [4.69, 9.17) is 4.74 Å². The van der Waals surface area contributed by atoms with Gasteiger partial charge in [-0.25, -0.2) is 0 Å². The summed E-state index contributed by atoms with van der Waals surface area (Å²) in [6, 6.07) is 9.31. The average molecular weight is 247 g/mol. The van der Waals surface area contributed by atoms with Crippen molar-refractivity contribution in [3.63, 3.8) is 0 Å². The first-order chi connectivity index (χ1) is 8.54. The van der Waals surface area contributed by atoms with Gasteiger partial charge in [-0.3, -0.25) is 0 Å². The molecule has 18 heavy (non-hydrogen) atoms. The van der Waals surface area contributed by atoms with Crippen LogP contribution in [0.3, 0.4) is 0 Å². The molecule has 0 spiro atoms. The number of hydrogen-bond donors (Lipinski definition) is 1. The highest BCUT2D eigenvalue weighted by Gasteiger charge is 2.24. The molecule has 0 radical (unpaired) electrons. The molecular formula is C16H25NO. The van der Waals surface area contributed by atoms with Crippen molar-refractivity contribution in [2.24, 2.45) is 0 Å². The monoisotopic (exact) mass is 247 g/mol. The van der Waals surface area contributed by atoms with E-state index in [1.165, 1.54) is 11.3 Å². The first kappa shape index (κ1) is 13.4. The van der Waals surface area contributed by atoms with Gasteiger partial charge >= 0.3 is 0 Å². The van der Waals surface area contributed by atoms with Crippen molar-refractivity contribution < 1.29 is 4.74 Å². The lowest BCUT2D eigenvalue weighted by atomic mass is 9.98. The molecule has 1 aliphatic heterocycles. The minimum absolute atomic E-state index is 0.361. The molecule has 0 amide bonds. The van der Waals surface area contributed by atoms with Crippen LogP contribution in [0, 0.1) is 0 Å². The molecule has 1 N–H and O–H groups in total. The van der Waals surface area contributed by atoms with Gasteiger partial charge in [0.25, 0.3) is 0 Å². The third kappa shape index (κ3) is 3.49. The van der Waals surface area contributed by atoms with Gasteiger partial charge in [-0.05, 0) is 50.3 Å². The normalized spacial score (nSPS) is 28.4. The predicted molar refractivity (Wildman–Crippen MR) is 77.2 cm³/mol. The van der Waals surface area contributed by atoms with E-state index in [0.29, 0.717) is 24.2 Å². The summed E-state index contributed by atoms with van der Waals surface area (Å²) in [6.07, 6.45) is 2.91. The van der Waals surface area contributed by atoms with E-state index in [1.807, 2.05) is 0 Å². The fourth-order valence-corrected chi connectivity index (χ4v) is 2.75. The van der Waals surface area contributed by atoms with E-state index in [-0.39, 0.29) is 0 Å². The molecule has 2 nitrogen and oxygen atoms in total. The summed E-state index contributed by atoms with van der Waals surface area (Å²) in [5.41, 5.74) is 2.64. The zero-order valence-electron chi connectivity index (χ0n) is 11.9. The number of ether oxygens (including phenoxy) is 1. The fourth-order valence-electron chi connectivity index (χ4n) is 2.75. The number of hydrogen-bond acceptors (Lipinski definition) is 2. The second-order valence-corrected chi connectivity index (χ2v) is 5.85. The van der Waals surface area contributed by atoms with Crippen LogP contribution in [0.15, 0.2) is 24.3 Å². The Morgan fingerprint density at radius 2 is 1.83 bits per heavy atom. The minimum Gasteiger partial charge on any atom is -0.382 e. The van der Waals surface area contributed by atoms with E-state index >= 15 is 0 Å². The Bertz CT molecular complexity index is 378. The molecule has 2 atom stereocenters. The van der Waals surface area contributed by atoms with Crippen LogP contribution in [-0.2, 0) is 4.74 Å². The second kappa shape index (κ2) is 5.75. The van der Waals surface area contributed by atoms with Crippen molar-refractivity contribution in [3.8, 4) is 0 Å². The van der Waals surface area contributed by atoms with E-state index in [0.717, 1.165) is 12.8 Å². The van der Waals surface area contributed by atoms with Gasteiger partial charge in [0, 0.05) is 11.7 Å². The molecule has 1 aromatic carbocycles. The van der Waals surface area contributed by atoms with Crippen molar-refractivity contribution >= 4 is 5.69 Å². The van der Waals surface area contributed by atoms with Crippen LogP contribution in [0.1, 0.15) is 52.0 Å². The molecular weight excluding hydrogens is 222 g/mol. The van der Waals surface area contributed by atoms with E-state index < -0.39 is 0 Å². The molecule has 1 aliphatic rings. The Hall–Kier alpha value is -1.02. The summed E-state index contributed by atoms with van der Waals surface area (Å²) in [6.45, 7) is 8.79. The highest BCUT2D eigenvalue weighted by Crippen LogP contribution is 2.24. The molecule has 0 aromatic heterocycles. The summed E-state index contributed by atoms with van der Waals surface area (Å²) in [7, 11) is 0. The highest BCUT2D eigenvalue weighted by atomic mass is 16.5. The first-order valence-corrected chi connectivity index (χ1v) is 7.06. The Balaban J connectivity index is 2.02. The quantitative estimate of drug-likeness (QED) is 0.865. The summed E-state index contributed by atoms with van der Waals surface area (Å²) in [5, 5.41) is 3.66. The molecule has 100 valence electrons. The van der Waals surface area contributed by atoms with Crippen LogP contribution in [0.5, 0.6) is 0 Å². The summed E-state index contributed by atoms with van der Waals surface area (Å²) < 4.78 is 5.78. The van der Waals surface area contributed by atoms with Gasteiger partial charge in [0.2, 0.25) is 0 Å². The summed E-state index contributed by atoms with van der Waals surface area (Å²) in [4.78, 5) is 0. The van der Waals surface area contributed by atoms with Crippen molar-refractivity contribution in [2.75, 3.05) is 5.32 Å². The van der Waals surface area contributed by atoms with Crippen LogP contribution in [-0.4, -0.2) is 18.2 Å². The Morgan fingerprint density at radius 3 is 2.44 bits per heavy atom. The van der Waals surface area contributed by atoms with Gasteiger partial charge in [-0.15, -0.1) is 0 Å². The zero-order valence-corrected chi connectivity index (χ0v) is 11.9. The molecule has 0 aliphatic carbocycles. The number of rotatable bonds is 3. The molecule has 2 heteroatoms. The van der Waals surface area contributed by atoms with Crippen molar-refractivity contribution in [1.82, 2.24) is 0 Å². The number of nitrogens with one attached hydrogen (secondary N) is 1. The lowest BCUT2D eigenvalue weighted by Crippen LogP contribution is -2.36. The summed E-state index contributed by atoms with van der Waals surface area (Å²) in [5.74, 6) is 0.583. The Kier molecular flexibility index (Phi) is 4.28. The number of benzene rings is 1. The van der Waals surface area contributed by atoms with Crippen molar-refractivity contribution in [1.29, 1.82) is 0 Å². The molecule has 1 aromatic rings. The first-order valence-electron chi connectivity index (χ1n) is 7.06. The highest BCUT2D eigenvalue weighted by molar-refractivity contribution is 5.47. The maximum Gasteiger partial charge on any atom is 0.0570 e. The zero-order chi connectivity index (χ0) is 13.1.